The third-order valence-corrected chi connectivity index (χ3v) is 6.48. The lowest BCUT2D eigenvalue weighted by atomic mass is 10.1. The minimum absolute atomic E-state index is 0.326. The Labute approximate surface area is 125 Å². The van der Waals surface area contributed by atoms with Gasteiger partial charge in [0.25, 0.3) is 0 Å². The summed E-state index contributed by atoms with van der Waals surface area (Å²) in [6, 6.07) is 0.865. The van der Waals surface area contributed by atoms with Crippen molar-refractivity contribution in [3.8, 4) is 0 Å². The first kappa shape index (κ1) is 15.5. The van der Waals surface area contributed by atoms with Crippen molar-refractivity contribution in [3.05, 3.63) is 0 Å². The number of hydrogen-bond donors (Lipinski definition) is 1. The number of hydrogen-bond acceptors (Lipinski definition) is 4. The summed E-state index contributed by atoms with van der Waals surface area (Å²) < 4.78 is 0. The number of carbonyl (C=O) groups excluding carboxylic acids is 1. The molecule has 0 radical (unpaired) electrons. The second-order valence-corrected chi connectivity index (χ2v) is 8.21. The molecule has 110 valence electrons. The molecule has 1 heterocycles. The molecule has 0 aromatic carbocycles. The van der Waals surface area contributed by atoms with Gasteiger partial charge in [0.2, 0.25) is 5.91 Å². The Morgan fingerprint density at radius 3 is 3.00 bits per heavy atom. The Kier molecular flexibility index (Phi) is 6.36. The highest BCUT2D eigenvalue weighted by Gasteiger charge is 2.30. The predicted octanol–water partition coefficient (Wildman–Crippen LogP) is 2.21. The highest BCUT2D eigenvalue weighted by molar-refractivity contribution is 7.99. The van der Waals surface area contributed by atoms with Crippen molar-refractivity contribution in [3.63, 3.8) is 0 Å². The molecule has 1 aliphatic carbocycles. The Bertz CT molecular complexity index is 295. The Balaban J connectivity index is 1.75. The topological polar surface area (TPSA) is 32.3 Å². The summed E-state index contributed by atoms with van der Waals surface area (Å²) in [5.41, 5.74) is 0. The SMILES string of the molecule is CCSC1CCC(N(C)C(=O)CC2CSCCN2)C1. The molecule has 19 heavy (non-hydrogen) atoms. The van der Waals surface area contributed by atoms with E-state index in [1.54, 1.807) is 0 Å². The molecule has 3 atom stereocenters. The van der Waals surface area contributed by atoms with Gasteiger partial charge in [-0.3, -0.25) is 4.79 Å². The van der Waals surface area contributed by atoms with Crippen LogP contribution in [0.5, 0.6) is 0 Å². The first-order valence-electron chi connectivity index (χ1n) is 7.39. The minimum atomic E-state index is 0.326. The maximum absolute atomic E-state index is 12.3. The maximum atomic E-state index is 12.3. The zero-order valence-electron chi connectivity index (χ0n) is 12.1. The standard InChI is InChI=1S/C14H26N2OS2/c1-3-19-13-5-4-12(9-13)16(2)14(17)8-11-10-18-7-6-15-11/h11-13,15H,3-10H2,1-2H3. The molecule has 3 unspecified atom stereocenters. The van der Waals surface area contributed by atoms with Crippen molar-refractivity contribution in [1.29, 1.82) is 0 Å². The van der Waals surface area contributed by atoms with E-state index in [-0.39, 0.29) is 0 Å². The van der Waals surface area contributed by atoms with E-state index in [0.29, 0.717) is 24.4 Å². The molecular weight excluding hydrogens is 276 g/mol. The molecule has 1 saturated carbocycles. The van der Waals surface area contributed by atoms with Crippen LogP contribution in [0.25, 0.3) is 0 Å². The zero-order chi connectivity index (χ0) is 13.7. The molecule has 2 rings (SSSR count). The van der Waals surface area contributed by atoms with E-state index in [4.69, 9.17) is 0 Å². The van der Waals surface area contributed by atoms with Crippen LogP contribution in [0.4, 0.5) is 0 Å². The van der Waals surface area contributed by atoms with Crippen LogP contribution in [0, 0.1) is 0 Å². The van der Waals surface area contributed by atoms with Crippen molar-refractivity contribution in [1.82, 2.24) is 10.2 Å². The summed E-state index contributed by atoms with van der Waals surface area (Å²) in [7, 11) is 2.00. The molecule has 2 fully saturated rings. The fourth-order valence-corrected chi connectivity index (χ4v) is 5.05. The van der Waals surface area contributed by atoms with Crippen molar-refractivity contribution < 1.29 is 4.79 Å². The number of nitrogens with zero attached hydrogens (tertiary/aromatic N) is 1. The summed E-state index contributed by atoms with van der Waals surface area (Å²) in [6.45, 7) is 3.27. The molecule has 1 aliphatic heterocycles. The van der Waals surface area contributed by atoms with Crippen molar-refractivity contribution >= 4 is 29.4 Å². The quantitative estimate of drug-likeness (QED) is 0.844. The first-order chi connectivity index (χ1) is 9.20. The smallest absolute Gasteiger partial charge is 0.224 e. The number of rotatable bonds is 5. The highest BCUT2D eigenvalue weighted by Crippen LogP contribution is 2.32. The van der Waals surface area contributed by atoms with Crippen molar-refractivity contribution in [2.75, 3.05) is 30.9 Å². The van der Waals surface area contributed by atoms with Gasteiger partial charge in [-0.25, -0.2) is 0 Å². The molecule has 5 heteroatoms. The van der Waals surface area contributed by atoms with E-state index in [1.807, 2.05) is 23.7 Å². The fraction of sp³-hybridized carbons (Fsp3) is 0.929. The summed E-state index contributed by atoms with van der Waals surface area (Å²) >= 11 is 4.01. The fourth-order valence-electron chi connectivity index (χ4n) is 2.97. The van der Waals surface area contributed by atoms with Crippen LogP contribution < -0.4 is 5.32 Å². The molecule has 1 saturated heterocycles. The van der Waals surface area contributed by atoms with Crippen LogP contribution in [0.1, 0.15) is 32.6 Å². The Morgan fingerprint density at radius 2 is 2.32 bits per heavy atom. The summed E-state index contributed by atoms with van der Waals surface area (Å²) in [6.07, 6.45) is 4.32. The predicted molar refractivity (Wildman–Crippen MR) is 86.1 cm³/mol. The molecule has 2 aliphatic rings. The normalized spacial score (nSPS) is 31.4. The molecule has 1 N–H and O–H groups in total. The van der Waals surface area contributed by atoms with E-state index < -0.39 is 0 Å². The van der Waals surface area contributed by atoms with Crippen LogP contribution >= 0.6 is 23.5 Å². The van der Waals surface area contributed by atoms with Crippen LogP contribution in [0.2, 0.25) is 0 Å². The maximum Gasteiger partial charge on any atom is 0.224 e. The van der Waals surface area contributed by atoms with Gasteiger partial charge in [0.05, 0.1) is 0 Å². The van der Waals surface area contributed by atoms with Gasteiger partial charge in [-0.15, -0.1) is 0 Å². The Morgan fingerprint density at radius 1 is 1.47 bits per heavy atom. The molecule has 3 nitrogen and oxygen atoms in total. The second-order valence-electron chi connectivity index (χ2n) is 5.48. The second kappa shape index (κ2) is 7.79. The van der Waals surface area contributed by atoms with Gasteiger partial charge in [0.15, 0.2) is 0 Å². The monoisotopic (exact) mass is 302 g/mol. The Hall–Kier alpha value is 0.130. The summed E-state index contributed by atoms with van der Waals surface area (Å²) in [5, 5.41) is 4.22. The third-order valence-electron chi connectivity index (χ3n) is 4.12. The van der Waals surface area contributed by atoms with Gasteiger partial charge >= 0.3 is 0 Å². The molecule has 0 aromatic heterocycles. The molecule has 0 bridgehead atoms. The zero-order valence-corrected chi connectivity index (χ0v) is 13.7. The highest BCUT2D eigenvalue weighted by atomic mass is 32.2. The molecular formula is C14H26N2OS2. The molecule has 0 aromatic rings. The first-order valence-corrected chi connectivity index (χ1v) is 9.59. The lowest BCUT2D eigenvalue weighted by Crippen LogP contribution is -2.43. The van der Waals surface area contributed by atoms with Gasteiger partial charge in [0, 0.05) is 48.9 Å². The summed E-state index contributed by atoms with van der Waals surface area (Å²) in [5.74, 6) is 3.78. The van der Waals surface area contributed by atoms with Crippen molar-refractivity contribution in [2.24, 2.45) is 0 Å². The number of thioether (sulfide) groups is 2. The van der Waals surface area contributed by atoms with E-state index in [1.165, 1.54) is 30.8 Å². The van der Waals surface area contributed by atoms with Crippen LogP contribution in [-0.4, -0.2) is 59.0 Å². The van der Waals surface area contributed by atoms with E-state index in [2.05, 4.69) is 24.0 Å². The van der Waals surface area contributed by atoms with E-state index in [9.17, 15) is 4.79 Å². The lowest BCUT2D eigenvalue weighted by Gasteiger charge is -2.28. The van der Waals surface area contributed by atoms with E-state index >= 15 is 0 Å². The van der Waals surface area contributed by atoms with Crippen LogP contribution in [0.3, 0.4) is 0 Å². The average molecular weight is 303 g/mol. The van der Waals surface area contributed by atoms with Gasteiger partial charge in [0.1, 0.15) is 0 Å². The molecule has 0 spiro atoms. The van der Waals surface area contributed by atoms with Gasteiger partial charge in [-0.1, -0.05) is 6.92 Å². The van der Waals surface area contributed by atoms with Crippen LogP contribution in [-0.2, 0) is 4.79 Å². The number of amides is 1. The minimum Gasteiger partial charge on any atom is -0.343 e. The average Bonchev–Trinajstić information content (AvgIpc) is 2.88. The number of carbonyl (C=O) groups is 1. The summed E-state index contributed by atoms with van der Waals surface area (Å²) in [4.78, 5) is 14.4. The lowest BCUT2D eigenvalue weighted by molar-refractivity contribution is -0.132. The van der Waals surface area contributed by atoms with Gasteiger partial charge < -0.3 is 10.2 Å². The molecule has 1 amide bonds. The largest absolute Gasteiger partial charge is 0.343 e. The van der Waals surface area contributed by atoms with E-state index in [0.717, 1.165) is 17.5 Å². The van der Waals surface area contributed by atoms with Gasteiger partial charge in [-0.2, -0.15) is 23.5 Å². The van der Waals surface area contributed by atoms with Gasteiger partial charge in [-0.05, 0) is 25.0 Å². The number of nitrogens with one attached hydrogen (secondary N) is 1. The third kappa shape index (κ3) is 4.57. The van der Waals surface area contributed by atoms with Crippen LogP contribution in [0.15, 0.2) is 0 Å². The van der Waals surface area contributed by atoms with Crippen molar-refractivity contribution in [2.45, 2.75) is 49.9 Å².